The van der Waals surface area contributed by atoms with Crippen LogP contribution in [0.25, 0.3) is 0 Å². The van der Waals surface area contributed by atoms with Gasteiger partial charge in [-0.1, -0.05) is 38.1 Å². The third-order valence-corrected chi connectivity index (χ3v) is 6.58. The van der Waals surface area contributed by atoms with Crippen molar-refractivity contribution in [2.45, 2.75) is 50.5 Å². The van der Waals surface area contributed by atoms with Crippen LogP contribution in [0.5, 0.6) is 0 Å². The second-order valence-electron chi connectivity index (χ2n) is 8.56. The van der Waals surface area contributed by atoms with Crippen molar-refractivity contribution < 1.29 is 14.3 Å². The van der Waals surface area contributed by atoms with Crippen LogP contribution in [-0.4, -0.2) is 43.1 Å². The molecule has 26 heavy (non-hydrogen) atoms. The molecule has 3 fully saturated rings. The summed E-state index contributed by atoms with van der Waals surface area (Å²) in [6.07, 6.45) is 2.25. The Hall–Kier alpha value is -2.04. The van der Waals surface area contributed by atoms with Crippen molar-refractivity contribution in [2.24, 2.45) is 11.8 Å². The largest absolute Gasteiger partial charge is 0.453 e. The molecule has 1 heterocycles. The second-order valence-corrected chi connectivity index (χ2v) is 8.56. The maximum atomic E-state index is 12.8. The Morgan fingerprint density at radius 1 is 1.31 bits per heavy atom. The van der Waals surface area contributed by atoms with Crippen molar-refractivity contribution in [3.8, 4) is 0 Å². The molecule has 0 bridgehead atoms. The van der Waals surface area contributed by atoms with Gasteiger partial charge < -0.3 is 15.0 Å². The van der Waals surface area contributed by atoms with E-state index >= 15 is 0 Å². The van der Waals surface area contributed by atoms with Gasteiger partial charge in [-0.25, -0.2) is 4.79 Å². The van der Waals surface area contributed by atoms with Gasteiger partial charge in [-0.15, -0.1) is 0 Å². The summed E-state index contributed by atoms with van der Waals surface area (Å²) < 4.78 is 4.62. The fourth-order valence-corrected chi connectivity index (χ4v) is 4.73. The van der Waals surface area contributed by atoms with Crippen molar-refractivity contribution in [1.29, 1.82) is 0 Å². The van der Waals surface area contributed by atoms with Crippen LogP contribution >= 0.6 is 0 Å². The van der Waals surface area contributed by atoms with Crippen molar-refractivity contribution >= 4 is 12.0 Å². The van der Waals surface area contributed by atoms with E-state index in [0.717, 1.165) is 25.9 Å². The number of nitrogens with zero attached hydrogens (tertiary/aromatic N) is 1. The van der Waals surface area contributed by atoms with E-state index < -0.39 is 6.09 Å². The zero-order valence-corrected chi connectivity index (χ0v) is 15.8. The van der Waals surface area contributed by atoms with Crippen LogP contribution in [0.1, 0.15) is 50.2 Å². The highest BCUT2D eigenvalue weighted by Gasteiger charge is 2.62. The number of carbonyl (C=O) groups is 2. The lowest BCUT2D eigenvalue weighted by Gasteiger charge is -2.37. The number of hydrogen-bond donors (Lipinski definition) is 1. The number of likely N-dealkylation sites (tertiary alicyclic amines) is 1. The number of methoxy groups -OCH3 is 1. The molecule has 0 aromatic heterocycles. The Kier molecular flexibility index (Phi) is 4.20. The van der Waals surface area contributed by atoms with Gasteiger partial charge in [0.15, 0.2) is 0 Å². The van der Waals surface area contributed by atoms with Crippen molar-refractivity contribution in [2.75, 3.05) is 20.2 Å². The molecule has 2 aliphatic carbocycles. The fraction of sp³-hybridized carbons (Fsp3) is 0.619. The van der Waals surface area contributed by atoms with Crippen molar-refractivity contribution in [3.63, 3.8) is 0 Å². The van der Waals surface area contributed by atoms with E-state index in [1.54, 1.807) is 0 Å². The van der Waals surface area contributed by atoms with Gasteiger partial charge in [-0.05, 0) is 42.2 Å². The molecule has 2 atom stereocenters. The van der Waals surface area contributed by atoms with E-state index in [2.05, 4.69) is 53.1 Å². The summed E-state index contributed by atoms with van der Waals surface area (Å²) in [7, 11) is 1.36. The Labute approximate surface area is 155 Å². The van der Waals surface area contributed by atoms with Crippen molar-refractivity contribution in [1.82, 2.24) is 10.2 Å². The molecule has 1 aromatic rings. The quantitative estimate of drug-likeness (QED) is 0.902. The molecule has 1 aliphatic heterocycles. The minimum absolute atomic E-state index is 0.0497. The molecule has 5 heteroatoms. The van der Waals surface area contributed by atoms with Crippen LogP contribution in [0.2, 0.25) is 0 Å². The van der Waals surface area contributed by atoms with Gasteiger partial charge in [-0.2, -0.15) is 0 Å². The maximum absolute atomic E-state index is 12.8. The molecule has 3 aliphatic rings. The highest BCUT2D eigenvalue weighted by atomic mass is 16.5. The molecule has 0 unspecified atom stereocenters. The molecule has 0 spiro atoms. The summed E-state index contributed by atoms with van der Waals surface area (Å²) >= 11 is 0. The third-order valence-electron chi connectivity index (χ3n) is 6.58. The molecule has 140 valence electrons. The van der Waals surface area contributed by atoms with Crippen molar-refractivity contribution in [3.05, 3.63) is 35.4 Å². The number of amides is 2. The van der Waals surface area contributed by atoms with E-state index in [1.807, 2.05) is 0 Å². The van der Waals surface area contributed by atoms with Crippen LogP contribution in [-0.2, 0) is 14.9 Å². The summed E-state index contributed by atoms with van der Waals surface area (Å²) in [5.74, 6) is 1.45. The summed E-state index contributed by atoms with van der Waals surface area (Å²) in [6.45, 7) is 6.18. The lowest BCUT2D eigenvalue weighted by atomic mass is 9.79. The molecule has 1 aromatic carbocycles. The molecule has 4 rings (SSSR count). The van der Waals surface area contributed by atoms with Crippen LogP contribution in [0.4, 0.5) is 4.79 Å². The number of alkyl carbamates (subject to hydrolysis) is 1. The van der Waals surface area contributed by atoms with E-state index in [1.165, 1.54) is 24.7 Å². The number of fused-ring (bicyclic) bond motifs is 1. The highest BCUT2D eigenvalue weighted by Crippen LogP contribution is 2.59. The Bertz CT molecular complexity index is 726. The summed E-state index contributed by atoms with van der Waals surface area (Å²) in [6, 6.07) is 9.01. The Morgan fingerprint density at radius 2 is 2.08 bits per heavy atom. The van der Waals surface area contributed by atoms with E-state index in [4.69, 9.17) is 0 Å². The first-order chi connectivity index (χ1) is 12.4. The molecule has 0 radical (unpaired) electrons. The Balaban J connectivity index is 1.37. The van der Waals surface area contributed by atoms with Gasteiger partial charge in [0.2, 0.25) is 5.91 Å². The average molecular weight is 356 g/mol. The highest BCUT2D eigenvalue weighted by molar-refractivity contribution is 5.81. The van der Waals surface area contributed by atoms with Gasteiger partial charge in [0.05, 0.1) is 7.11 Å². The SMILES string of the molecule is COC(=O)NC1CC(C(=O)N2C[C@H]3C[C@@]3(c3cccc(C(C)C)c3)C2)C1. The molecule has 1 saturated heterocycles. The maximum Gasteiger partial charge on any atom is 0.407 e. The number of nitrogens with one attached hydrogen (secondary N) is 1. The topological polar surface area (TPSA) is 58.6 Å². The van der Waals surface area contributed by atoms with Crippen LogP contribution in [0.15, 0.2) is 24.3 Å². The number of benzene rings is 1. The normalized spacial score (nSPS) is 32.0. The molecular formula is C21H28N2O3. The molecule has 5 nitrogen and oxygen atoms in total. The van der Waals surface area contributed by atoms with Gasteiger partial charge in [0.1, 0.15) is 0 Å². The minimum atomic E-state index is -0.410. The smallest absolute Gasteiger partial charge is 0.407 e. The molecule has 2 saturated carbocycles. The molecular weight excluding hydrogens is 328 g/mol. The van der Waals surface area contributed by atoms with E-state index in [0.29, 0.717) is 11.8 Å². The van der Waals surface area contributed by atoms with Gasteiger partial charge in [-0.3, -0.25) is 4.79 Å². The number of carbonyl (C=O) groups excluding carboxylic acids is 2. The number of ether oxygens (including phenoxy) is 1. The minimum Gasteiger partial charge on any atom is -0.453 e. The molecule has 1 N–H and O–H groups in total. The van der Waals surface area contributed by atoms with E-state index in [-0.39, 0.29) is 23.3 Å². The van der Waals surface area contributed by atoms with Gasteiger partial charge in [0, 0.05) is 30.5 Å². The van der Waals surface area contributed by atoms with Crippen LogP contribution < -0.4 is 5.32 Å². The number of rotatable bonds is 4. The second kappa shape index (κ2) is 6.29. The van der Waals surface area contributed by atoms with Crippen LogP contribution in [0, 0.1) is 11.8 Å². The number of hydrogen-bond acceptors (Lipinski definition) is 3. The standard InChI is InChI=1S/C21H28N2O3/c1-13(2)14-5-4-6-16(7-14)21-10-17(21)11-23(12-21)19(24)15-8-18(9-15)22-20(25)26-3/h4-7,13,15,17-18H,8-12H2,1-3H3,(H,22,25)/t15?,17-,18?,21+/m1/s1. The predicted octanol–water partition coefficient (Wildman–Crippen LogP) is 3.04. The summed E-state index contributed by atoms with van der Waals surface area (Å²) in [5.41, 5.74) is 2.97. The van der Waals surface area contributed by atoms with E-state index in [9.17, 15) is 9.59 Å². The number of piperidine rings is 1. The van der Waals surface area contributed by atoms with Gasteiger partial charge in [0.25, 0.3) is 0 Å². The zero-order valence-electron chi connectivity index (χ0n) is 15.8. The summed E-state index contributed by atoms with van der Waals surface area (Å²) in [4.78, 5) is 26.1. The first kappa shape index (κ1) is 17.4. The zero-order chi connectivity index (χ0) is 18.5. The predicted molar refractivity (Wildman–Crippen MR) is 98.9 cm³/mol. The average Bonchev–Trinajstić information content (AvgIpc) is 3.18. The lowest BCUT2D eigenvalue weighted by molar-refractivity contribution is -0.138. The lowest BCUT2D eigenvalue weighted by Crippen LogP contribution is -2.50. The monoisotopic (exact) mass is 356 g/mol. The molecule has 2 amide bonds. The van der Waals surface area contributed by atoms with Crippen LogP contribution in [0.3, 0.4) is 0 Å². The summed E-state index contributed by atoms with van der Waals surface area (Å²) in [5, 5.41) is 2.78. The van der Waals surface area contributed by atoms with Gasteiger partial charge >= 0.3 is 6.09 Å². The first-order valence-electron chi connectivity index (χ1n) is 9.66. The Morgan fingerprint density at radius 3 is 2.77 bits per heavy atom. The fourth-order valence-electron chi connectivity index (χ4n) is 4.73. The first-order valence-corrected chi connectivity index (χ1v) is 9.66. The third kappa shape index (κ3) is 2.87.